The zero-order valence-electron chi connectivity index (χ0n) is 16.0. The highest BCUT2D eigenvalue weighted by Crippen LogP contribution is 2.49. The van der Waals surface area contributed by atoms with Crippen LogP contribution in [0.2, 0.25) is 0 Å². The molecule has 0 amide bonds. The summed E-state index contributed by atoms with van der Waals surface area (Å²) >= 11 is 0. The molecule has 0 saturated carbocycles. The number of benzene rings is 1. The maximum Gasteiger partial charge on any atom is 0.336 e. The van der Waals surface area contributed by atoms with Gasteiger partial charge < -0.3 is 13.9 Å². The van der Waals surface area contributed by atoms with Crippen molar-refractivity contribution < 1.29 is 23.5 Å². The maximum absolute atomic E-state index is 13.1. The molecule has 1 aromatic carbocycles. The SMILES string of the molecule is C/C=C(/C)C(=O)C1C(OC(C)=O)c2c(ccc3ccc(=O)oc23)OC1(C)C. The summed E-state index contributed by atoms with van der Waals surface area (Å²) in [4.78, 5) is 36.8. The molecule has 0 N–H and O–H groups in total. The van der Waals surface area contributed by atoms with Crippen molar-refractivity contribution in [2.75, 3.05) is 0 Å². The molecule has 0 radical (unpaired) electrons. The van der Waals surface area contributed by atoms with Crippen LogP contribution in [0.3, 0.4) is 0 Å². The van der Waals surface area contributed by atoms with Crippen molar-refractivity contribution in [2.24, 2.45) is 5.92 Å². The van der Waals surface area contributed by atoms with Crippen LogP contribution in [0.5, 0.6) is 5.75 Å². The van der Waals surface area contributed by atoms with Gasteiger partial charge in [-0.05, 0) is 51.5 Å². The zero-order chi connectivity index (χ0) is 19.9. The molecule has 1 aromatic heterocycles. The third-order valence-corrected chi connectivity index (χ3v) is 4.89. The summed E-state index contributed by atoms with van der Waals surface area (Å²) in [5.41, 5.74) is -0.259. The summed E-state index contributed by atoms with van der Waals surface area (Å²) in [6.07, 6.45) is 0.778. The Hall–Kier alpha value is -2.89. The quantitative estimate of drug-likeness (QED) is 0.465. The normalized spacial score (nSPS) is 21.3. The molecule has 3 rings (SSSR count). The first kappa shape index (κ1) is 18.9. The summed E-state index contributed by atoms with van der Waals surface area (Å²) < 4.78 is 17.1. The fraction of sp³-hybridized carbons (Fsp3) is 0.381. The summed E-state index contributed by atoms with van der Waals surface area (Å²) in [6.45, 7) is 8.33. The number of esters is 1. The van der Waals surface area contributed by atoms with Crippen LogP contribution in [0.25, 0.3) is 11.0 Å². The van der Waals surface area contributed by atoms with Gasteiger partial charge in [-0.15, -0.1) is 0 Å². The molecule has 0 saturated heterocycles. The number of Topliss-reactive ketones (excluding diaryl/α,β-unsaturated/α-hetero) is 1. The van der Waals surface area contributed by atoms with Gasteiger partial charge in [-0.2, -0.15) is 0 Å². The van der Waals surface area contributed by atoms with Crippen molar-refractivity contribution in [3.05, 3.63) is 51.9 Å². The fourth-order valence-corrected chi connectivity index (χ4v) is 3.52. The molecule has 2 heterocycles. The van der Waals surface area contributed by atoms with Gasteiger partial charge in [0.2, 0.25) is 0 Å². The Morgan fingerprint density at radius 2 is 1.81 bits per heavy atom. The lowest BCUT2D eigenvalue weighted by Crippen LogP contribution is -2.49. The smallest absolute Gasteiger partial charge is 0.336 e. The van der Waals surface area contributed by atoms with E-state index in [1.54, 1.807) is 52.0 Å². The molecular formula is C21H22O6. The van der Waals surface area contributed by atoms with Crippen molar-refractivity contribution in [3.8, 4) is 5.75 Å². The first-order chi connectivity index (χ1) is 12.7. The van der Waals surface area contributed by atoms with Crippen LogP contribution in [0.4, 0.5) is 0 Å². The van der Waals surface area contributed by atoms with Crippen LogP contribution in [-0.4, -0.2) is 17.4 Å². The van der Waals surface area contributed by atoms with Crippen molar-refractivity contribution in [2.45, 2.75) is 46.3 Å². The summed E-state index contributed by atoms with van der Waals surface area (Å²) in [6, 6.07) is 6.44. The van der Waals surface area contributed by atoms with E-state index in [1.165, 1.54) is 13.0 Å². The summed E-state index contributed by atoms with van der Waals surface area (Å²) in [7, 11) is 0. The number of ketones is 1. The molecule has 2 aromatic rings. The topological polar surface area (TPSA) is 82.8 Å². The van der Waals surface area contributed by atoms with E-state index >= 15 is 0 Å². The molecule has 142 valence electrons. The van der Waals surface area contributed by atoms with Gasteiger partial charge in [-0.25, -0.2) is 4.79 Å². The van der Waals surface area contributed by atoms with Crippen molar-refractivity contribution in [3.63, 3.8) is 0 Å². The minimum absolute atomic E-state index is 0.185. The number of carbonyl (C=O) groups excluding carboxylic acids is 2. The molecule has 6 heteroatoms. The van der Waals surface area contributed by atoms with Crippen LogP contribution in [0.15, 0.2) is 45.1 Å². The minimum atomic E-state index is -0.933. The number of ether oxygens (including phenoxy) is 2. The molecule has 2 atom stereocenters. The second-order valence-electron chi connectivity index (χ2n) is 7.20. The Morgan fingerprint density at radius 3 is 2.44 bits per heavy atom. The van der Waals surface area contributed by atoms with Crippen LogP contribution in [-0.2, 0) is 14.3 Å². The van der Waals surface area contributed by atoms with Crippen LogP contribution in [0, 0.1) is 5.92 Å². The molecule has 1 aliphatic rings. The van der Waals surface area contributed by atoms with Gasteiger partial charge in [0.1, 0.15) is 29.0 Å². The Kier molecular flexibility index (Phi) is 4.68. The number of allylic oxidation sites excluding steroid dienone is 2. The first-order valence-electron chi connectivity index (χ1n) is 8.76. The third kappa shape index (κ3) is 3.27. The zero-order valence-corrected chi connectivity index (χ0v) is 16.0. The Morgan fingerprint density at radius 1 is 1.15 bits per heavy atom. The average molecular weight is 370 g/mol. The fourth-order valence-electron chi connectivity index (χ4n) is 3.52. The van der Waals surface area contributed by atoms with Gasteiger partial charge >= 0.3 is 11.6 Å². The molecule has 0 bridgehead atoms. The van der Waals surface area contributed by atoms with E-state index in [0.717, 1.165) is 0 Å². The number of hydrogen-bond donors (Lipinski definition) is 0. The van der Waals surface area contributed by atoms with Crippen LogP contribution >= 0.6 is 0 Å². The van der Waals surface area contributed by atoms with E-state index < -0.39 is 29.2 Å². The predicted molar refractivity (Wildman–Crippen MR) is 99.6 cm³/mol. The Bertz CT molecular complexity index is 1010. The van der Waals surface area contributed by atoms with E-state index in [2.05, 4.69) is 0 Å². The van der Waals surface area contributed by atoms with E-state index in [-0.39, 0.29) is 11.4 Å². The average Bonchev–Trinajstić information content (AvgIpc) is 2.58. The van der Waals surface area contributed by atoms with Gasteiger partial charge in [0, 0.05) is 18.4 Å². The first-order valence-corrected chi connectivity index (χ1v) is 8.76. The number of rotatable bonds is 3. The van der Waals surface area contributed by atoms with E-state index in [0.29, 0.717) is 22.3 Å². The highest BCUT2D eigenvalue weighted by atomic mass is 16.6. The third-order valence-electron chi connectivity index (χ3n) is 4.89. The lowest BCUT2D eigenvalue weighted by atomic mass is 9.75. The monoisotopic (exact) mass is 370 g/mol. The molecule has 0 fully saturated rings. The van der Waals surface area contributed by atoms with Crippen molar-refractivity contribution in [1.29, 1.82) is 0 Å². The summed E-state index contributed by atoms with van der Waals surface area (Å²) in [5.74, 6) is -1.08. The largest absolute Gasteiger partial charge is 0.486 e. The highest BCUT2D eigenvalue weighted by Gasteiger charge is 2.51. The molecule has 6 nitrogen and oxygen atoms in total. The highest BCUT2D eigenvalue weighted by molar-refractivity contribution is 5.99. The van der Waals surface area contributed by atoms with E-state index in [9.17, 15) is 14.4 Å². The molecule has 0 aliphatic carbocycles. The van der Waals surface area contributed by atoms with Gasteiger partial charge in [0.05, 0.1) is 5.56 Å². The lowest BCUT2D eigenvalue weighted by molar-refractivity contribution is -0.160. The van der Waals surface area contributed by atoms with Gasteiger partial charge in [-0.1, -0.05) is 6.08 Å². The van der Waals surface area contributed by atoms with Crippen molar-refractivity contribution in [1.82, 2.24) is 0 Å². The molecule has 1 aliphatic heterocycles. The molecule has 27 heavy (non-hydrogen) atoms. The van der Waals surface area contributed by atoms with E-state index in [4.69, 9.17) is 13.9 Å². The van der Waals surface area contributed by atoms with E-state index in [1.807, 2.05) is 0 Å². The van der Waals surface area contributed by atoms with Crippen LogP contribution < -0.4 is 10.4 Å². The van der Waals surface area contributed by atoms with Crippen molar-refractivity contribution >= 4 is 22.7 Å². The number of fused-ring (bicyclic) bond motifs is 3. The number of hydrogen-bond acceptors (Lipinski definition) is 6. The van der Waals surface area contributed by atoms with Gasteiger partial charge in [-0.3, -0.25) is 9.59 Å². The number of carbonyl (C=O) groups is 2. The molecule has 2 unspecified atom stereocenters. The molecule has 0 spiro atoms. The van der Waals surface area contributed by atoms with Gasteiger partial charge in [0.15, 0.2) is 5.78 Å². The second kappa shape index (κ2) is 6.68. The second-order valence-corrected chi connectivity index (χ2v) is 7.20. The predicted octanol–water partition coefficient (Wildman–Crippen LogP) is 3.72. The van der Waals surface area contributed by atoms with Crippen LogP contribution in [0.1, 0.15) is 46.3 Å². The molecular weight excluding hydrogens is 348 g/mol. The Balaban J connectivity index is 2.33. The minimum Gasteiger partial charge on any atom is -0.486 e. The summed E-state index contributed by atoms with van der Waals surface area (Å²) in [5, 5.41) is 0.655. The maximum atomic E-state index is 13.1. The van der Waals surface area contributed by atoms with Gasteiger partial charge in [0.25, 0.3) is 0 Å². The lowest BCUT2D eigenvalue weighted by Gasteiger charge is -2.43. The standard InChI is InChI=1S/C21H22O6/c1-6-11(2)18(24)17-20(25-12(3)22)16-14(27-21(17,4)5)9-7-13-8-10-15(23)26-19(13)16/h6-10,17,20H,1-5H3/b11-6-. The Labute approximate surface area is 156 Å².